The average Bonchev–Trinajstić information content (AvgIpc) is 3.30. The van der Waals surface area contributed by atoms with Crippen molar-refractivity contribution in [3.63, 3.8) is 0 Å². The third-order valence-corrected chi connectivity index (χ3v) is 6.61. The fourth-order valence-electron chi connectivity index (χ4n) is 3.76. The summed E-state index contributed by atoms with van der Waals surface area (Å²) in [4.78, 5) is 29.3. The summed E-state index contributed by atoms with van der Waals surface area (Å²) in [7, 11) is 0. The molecular weight excluding hydrogens is 436 g/mol. The van der Waals surface area contributed by atoms with E-state index < -0.39 is 0 Å². The van der Waals surface area contributed by atoms with Crippen molar-refractivity contribution in [3.8, 4) is 11.5 Å². The van der Waals surface area contributed by atoms with Gasteiger partial charge in [0.2, 0.25) is 12.7 Å². The van der Waals surface area contributed by atoms with Crippen molar-refractivity contribution in [2.75, 3.05) is 18.2 Å². The van der Waals surface area contributed by atoms with E-state index in [1.807, 2.05) is 79.7 Å². The summed E-state index contributed by atoms with van der Waals surface area (Å²) in [5, 5.41) is 2.91. The number of aryl methyl sites for hydroxylation is 1. The molecule has 0 unspecified atom stereocenters. The lowest BCUT2D eigenvalue weighted by molar-refractivity contribution is -0.122. The molecule has 6 nitrogen and oxygen atoms in total. The van der Waals surface area contributed by atoms with Crippen molar-refractivity contribution >= 4 is 35.3 Å². The number of carbonyl (C=O) groups is 2. The molecule has 2 heterocycles. The highest BCUT2D eigenvalue weighted by Crippen LogP contribution is 2.42. The molecule has 166 valence electrons. The number of hydrogen-bond donors (Lipinski definition) is 1. The quantitative estimate of drug-likeness (QED) is 0.570. The summed E-state index contributed by atoms with van der Waals surface area (Å²) in [6.07, 6.45) is 1.90. The van der Waals surface area contributed by atoms with Gasteiger partial charge in [-0.15, -0.1) is 0 Å². The van der Waals surface area contributed by atoms with E-state index in [4.69, 9.17) is 9.47 Å². The Bertz CT molecular complexity index is 1270. The highest BCUT2D eigenvalue weighted by Gasteiger charge is 2.30. The molecule has 7 heteroatoms. The maximum atomic E-state index is 13.4. The minimum absolute atomic E-state index is 0.0634. The molecule has 1 N–H and O–H groups in total. The SMILES string of the molecule is Cc1ccccc1/C=C1\Sc2ccccc2N(CC(=O)NCc2ccc3c(c2)OCO3)C1=O. The van der Waals surface area contributed by atoms with Gasteiger partial charge in [-0.3, -0.25) is 14.5 Å². The Balaban J connectivity index is 1.34. The van der Waals surface area contributed by atoms with Crippen LogP contribution in [-0.4, -0.2) is 25.2 Å². The summed E-state index contributed by atoms with van der Waals surface area (Å²) >= 11 is 1.43. The zero-order chi connectivity index (χ0) is 22.8. The monoisotopic (exact) mass is 458 g/mol. The molecule has 33 heavy (non-hydrogen) atoms. The second-order valence-corrected chi connectivity index (χ2v) is 8.87. The van der Waals surface area contributed by atoms with E-state index in [0.29, 0.717) is 22.9 Å². The molecule has 0 saturated heterocycles. The zero-order valence-corrected chi connectivity index (χ0v) is 18.9. The number of fused-ring (bicyclic) bond motifs is 2. The standard InChI is InChI=1S/C26H22N2O4S/c1-17-6-2-3-7-19(17)13-24-26(30)28(20-8-4-5-9-23(20)33-24)15-25(29)27-14-18-10-11-21-22(12-18)32-16-31-21/h2-13H,14-16H2,1H3,(H,27,29)/b24-13-. The molecule has 0 bridgehead atoms. The van der Waals surface area contributed by atoms with Crippen LogP contribution in [0.4, 0.5) is 5.69 Å². The summed E-state index contributed by atoms with van der Waals surface area (Å²) in [5.74, 6) is 0.953. The van der Waals surface area contributed by atoms with Gasteiger partial charge in [-0.25, -0.2) is 0 Å². The van der Waals surface area contributed by atoms with E-state index >= 15 is 0 Å². The second kappa shape index (κ2) is 9.03. The molecule has 3 aromatic rings. The first-order chi connectivity index (χ1) is 16.1. The van der Waals surface area contributed by atoms with Crippen molar-refractivity contribution in [1.29, 1.82) is 0 Å². The van der Waals surface area contributed by atoms with Crippen molar-refractivity contribution in [2.45, 2.75) is 18.4 Å². The largest absolute Gasteiger partial charge is 0.454 e. The van der Waals surface area contributed by atoms with Crippen molar-refractivity contribution in [2.24, 2.45) is 0 Å². The lowest BCUT2D eigenvalue weighted by atomic mass is 10.1. The predicted octanol–water partition coefficient (Wildman–Crippen LogP) is 4.52. The lowest BCUT2D eigenvalue weighted by Gasteiger charge is -2.30. The summed E-state index contributed by atoms with van der Waals surface area (Å²) in [6, 6.07) is 21.1. The van der Waals surface area contributed by atoms with Gasteiger partial charge in [0.15, 0.2) is 11.5 Å². The van der Waals surface area contributed by atoms with Gasteiger partial charge in [0.05, 0.1) is 10.6 Å². The van der Waals surface area contributed by atoms with Gasteiger partial charge in [-0.1, -0.05) is 54.2 Å². The van der Waals surface area contributed by atoms with E-state index in [0.717, 1.165) is 27.3 Å². The summed E-state index contributed by atoms with van der Waals surface area (Å²) in [6.45, 7) is 2.49. The van der Waals surface area contributed by atoms with E-state index in [1.165, 1.54) is 11.8 Å². The molecule has 0 radical (unpaired) electrons. The van der Waals surface area contributed by atoms with E-state index in [2.05, 4.69) is 5.32 Å². The molecule has 0 fully saturated rings. The van der Waals surface area contributed by atoms with Crippen LogP contribution in [-0.2, 0) is 16.1 Å². The Kier molecular flexibility index (Phi) is 5.79. The van der Waals surface area contributed by atoms with Gasteiger partial charge in [0.1, 0.15) is 6.54 Å². The molecule has 2 aliphatic rings. The number of nitrogens with one attached hydrogen (secondary N) is 1. The predicted molar refractivity (Wildman–Crippen MR) is 128 cm³/mol. The van der Waals surface area contributed by atoms with Crippen molar-refractivity contribution in [3.05, 3.63) is 88.3 Å². The number of para-hydroxylation sites is 1. The maximum Gasteiger partial charge on any atom is 0.265 e. The molecule has 2 amide bonds. The normalized spacial score (nSPS) is 15.5. The van der Waals surface area contributed by atoms with E-state index in [-0.39, 0.29) is 25.2 Å². The van der Waals surface area contributed by atoms with Gasteiger partial charge >= 0.3 is 0 Å². The molecular formula is C26H22N2O4S. The number of rotatable bonds is 5. The minimum atomic E-state index is -0.238. The molecule has 3 aromatic carbocycles. The second-order valence-electron chi connectivity index (χ2n) is 7.79. The van der Waals surface area contributed by atoms with Crippen molar-refractivity contribution < 1.29 is 19.1 Å². The van der Waals surface area contributed by atoms with Crippen LogP contribution in [0.5, 0.6) is 11.5 Å². The first-order valence-electron chi connectivity index (χ1n) is 10.6. The number of thioether (sulfide) groups is 1. The van der Waals surface area contributed by atoms with Gasteiger partial charge in [-0.05, 0) is 54.0 Å². The topological polar surface area (TPSA) is 67.9 Å². The van der Waals surface area contributed by atoms with Crippen LogP contribution >= 0.6 is 11.8 Å². The zero-order valence-electron chi connectivity index (χ0n) is 18.0. The molecule has 0 saturated carbocycles. The first-order valence-corrected chi connectivity index (χ1v) is 11.4. The molecule has 5 rings (SSSR count). The van der Waals surface area contributed by atoms with Crippen molar-refractivity contribution in [1.82, 2.24) is 5.32 Å². The number of hydrogen-bond acceptors (Lipinski definition) is 5. The third kappa shape index (κ3) is 4.45. The Labute approximate surface area is 196 Å². The molecule has 2 aliphatic heterocycles. The van der Waals surface area contributed by atoms with E-state index in [1.54, 1.807) is 4.90 Å². The van der Waals surface area contributed by atoms with Crippen LogP contribution in [0.15, 0.2) is 76.5 Å². The summed E-state index contributed by atoms with van der Waals surface area (Å²) in [5.41, 5.74) is 3.71. The Morgan fingerprint density at radius 3 is 2.73 bits per heavy atom. The van der Waals surface area contributed by atoms with Crippen LogP contribution in [0.3, 0.4) is 0 Å². The lowest BCUT2D eigenvalue weighted by Crippen LogP contribution is -2.42. The first kappa shape index (κ1) is 21.2. The van der Waals surface area contributed by atoms with Crippen LogP contribution in [0, 0.1) is 6.92 Å². The van der Waals surface area contributed by atoms with Gasteiger partial charge in [0, 0.05) is 11.4 Å². The van der Waals surface area contributed by atoms with Gasteiger partial charge in [-0.2, -0.15) is 0 Å². The number of nitrogens with zero attached hydrogens (tertiary/aromatic N) is 1. The highest BCUT2D eigenvalue weighted by molar-refractivity contribution is 8.04. The Morgan fingerprint density at radius 1 is 1.06 bits per heavy atom. The Hall–Kier alpha value is -3.71. The minimum Gasteiger partial charge on any atom is -0.454 e. The van der Waals surface area contributed by atoms with Crippen LogP contribution in [0.25, 0.3) is 6.08 Å². The van der Waals surface area contributed by atoms with Crippen LogP contribution < -0.4 is 19.7 Å². The molecule has 0 aliphatic carbocycles. The highest BCUT2D eigenvalue weighted by atomic mass is 32.2. The van der Waals surface area contributed by atoms with Gasteiger partial charge < -0.3 is 14.8 Å². The fourth-order valence-corrected chi connectivity index (χ4v) is 4.81. The average molecular weight is 459 g/mol. The maximum absolute atomic E-state index is 13.4. The number of ether oxygens (including phenoxy) is 2. The van der Waals surface area contributed by atoms with Crippen LogP contribution in [0.1, 0.15) is 16.7 Å². The molecule has 0 spiro atoms. The number of amides is 2. The number of carbonyl (C=O) groups excluding carboxylic acids is 2. The smallest absolute Gasteiger partial charge is 0.265 e. The molecule has 0 aromatic heterocycles. The molecule has 0 atom stereocenters. The van der Waals surface area contributed by atoms with Crippen LogP contribution in [0.2, 0.25) is 0 Å². The van der Waals surface area contributed by atoms with Gasteiger partial charge in [0.25, 0.3) is 5.91 Å². The fraction of sp³-hybridized carbons (Fsp3) is 0.154. The third-order valence-electron chi connectivity index (χ3n) is 5.54. The Morgan fingerprint density at radius 2 is 1.85 bits per heavy atom. The number of benzene rings is 3. The number of anilines is 1. The van der Waals surface area contributed by atoms with E-state index in [9.17, 15) is 9.59 Å². The summed E-state index contributed by atoms with van der Waals surface area (Å²) < 4.78 is 10.7.